The minimum Gasteiger partial charge on any atom is -0.372 e. The maximum Gasteiger partial charge on any atom is 0.271 e. The van der Waals surface area contributed by atoms with Gasteiger partial charge in [-0.15, -0.1) is 0 Å². The van der Waals surface area contributed by atoms with E-state index in [1.165, 1.54) is 12.4 Å². The minimum absolute atomic E-state index is 0.192. The van der Waals surface area contributed by atoms with E-state index in [1.54, 1.807) is 7.05 Å². The van der Waals surface area contributed by atoms with E-state index in [9.17, 15) is 4.79 Å². The first-order chi connectivity index (χ1) is 8.54. The summed E-state index contributed by atoms with van der Waals surface area (Å²) >= 11 is 0. The number of hydrogen-bond donors (Lipinski definition) is 2. The summed E-state index contributed by atoms with van der Waals surface area (Å²) in [5.41, 5.74) is 0.334. The summed E-state index contributed by atoms with van der Waals surface area (Å²) in [7, 11) is 3.78. The van der Waals surface area contributed by atoms with Crippen LogP contribution in [0.5, 0.6) is 0 Å². The predicted molar refractivity (Wildman–Crippen MR) is 71.7 cm³/mol. The number of nitrogens with one attached hydrogen (secondary N) is 2. The van der Waals surface area contributed by atoms with Gasteiger partial charge < -0.3 is 15.5 Å². The third-order valence-corrected chi connectivity index (χ3v) is 2.77. The Balaban J connectivity index is 2.40. The third-order valence-electron chi connectivity index (χ3n) is 2.77. The molecule has 2 N–H and O–H groups in total. The van der Waals surface area contributed by atoms with E-state index in [0.29, 0.717) is 24.1 Å². The highest BCUT2D eigenvalue weighted by molar-refractivity contribution is 5.91. The van der Waals surface area contributed by atoms with Gasteiger partial charge in [0.15, 0.2) is 0 Å². The van der Waals surface area contributed by atoms with Crippen LogP contribution < -0.4 is 10.6 Å². The Kier molecular flexibility index (Phi) is 5.51. The largest absolute Gasteiger partial charge is 0.372 e. The van der Waals surface area contributed by atoms with Gasteiger partial charge in [0.2, 0.25) is 0 Å². The van der Waals surface area contributed by atoms with Crippen LogP contribution in [0.25, 0.3) is 0 Å². The number of amides is 1. The number of aromatic nitrogens is 2. The lowest BCUT2D eigenvalue weighted by Crippen LogP contribution is -2.36. The molecule has 0 aliphatic carbocycles. The summed E-state index contributed by atoms with van der Waals surface area (Å²) in [4.78, 5) is 22.0. The number of likely N-dealkylation sites (N-methyl/N-ethyl adjacent to an activating group) is 1. The van der Waals surface area contributed by atoms with Crippen LogP contribution in [0.3, 0.4) is 0 Å². The normalized spacial score (nSPS) is 10.8. The second kappa shape index (κ2) is 6.90. The summed E-state index contributed by atoms with van der Waals surface area (Å²) in [5.74, 6) is 0.452. The van der Waals surface area contributed by atoms with Gasteiger partial charge in [0, 0.05) is 26.2 Å². The number of carbonyl (C=O) groups is 1. The van der Waals surface area contributed by atoms with Gasteiger partial charge in [-0.1, -0.05) is 0 Å². The van der Waals surface area contributed by atoms with Crippen LogP contribution >= 0.6 is 0 Å². The van der Waals surface area contributed by atoms with Crippen molar-refractivity contribution in [1.29, 1.82) is 0 Å². The van der Waals surface area contributed by atoms with Crippen LogP contribution in [0.2, 0.25) is 0 Å². The summed E-state index contributed by atoms with van der Waals surface area (Å²) in [6, 6.07) is 0.469. The highest BCUT2D eigenvalue weighted by atomic mass is 16.1. The van der Waals surface area contributed by atoms with E-state index in [1.807, 2.05) is 7.05 Å². The van der Waals surface area contributed by atoms with Crippen molar-refractivity contribution in [1.82, 2.24) is 20.2 Å². The lowest BCUT2D eigenvalue weighted by Gasteiger charge is -2.20. The van der Waals surface area contributed by atoms with E-state index in [4.69, 9.17) is 0 Å². The maximum atomic E-state index is 11.7. The molecule has 0 saturated heterocycles. The minimum atomic E-state index is -0.192. The van der Waals surface area contributed by atoms with Crippen molar-refractivity contribution < 1.29 is 4.79 Å². The molecule has 0 atom stereocenters. The molecule has 0 fully saturated rings. The molecule has 0 aliphatic rings. The van der Waals surface area contributed by atoms with E-state index >= 15 is 0 Å². The topological polar surface area (TPSA) is 70.2 Å². The van der Waals surface area contributed by atoms with Gasteiger partial charge in [0.1, 0.15) is 11.5 Å². The molecular weight excluding hydrogens is 230 g/mol. The maximum absolute atomic E-state index is 11.7. The number of anilines is 1. The van der Waals surface area contributed by atoms with Crippen molar-refractivity contribution in [3.63, 3.8) is 0 Å². The highest BCUT2D eigenvalue weighted by Gasteiger charge is 2.08. The van der Waals surface area contributed by atoms with Crippen LogP contribution in [-0.4, -0.2) is 54.0 Å². The van der Waals surface area contributed by atoms with Gasteiger partial charge in [0.05, 0.1) is 12.4 Å². The molecule has 0 saturated carbocycles. The fraction of sp³-hybridized carbons (Fsp3) is 0.583. The second-order valence-electron chi connectivity index (χ2n) is 4.37. The smallest absolute Gasteiger partial charge is 0.271 e. The molecule has 1 rings (SSSR count). The fourth-order valence-corrected chi connectivity index (χ4v) is 1.27. The third kappa shape index (κ3) is 4.29. The van der Waals surface area contributed by atoms with Gasteiger partial charge in [-0.25, -0.2) is 9.97 Å². The first-order valence-corrected chi connectivity index (χ1v) is 6.02. The Morgan fingerprint density at radius 2 is 2.11 bits per heavy atom. The number of carbonyl (C=O) groups excluding carboxylic acids is 1. The van der Waals surface area contributed by atoms with Crippen molar-refractivity contribution in [2.75, 3.05) is 32.5 Å². The van der Waals surface area contributed by atoms with Gasteiger partial charge in [-0.05, 0) is 20.9 Å². The molecule has 6 heteroatoms. The van der Waals surface area contributed by atoms with Gasteiger partial charge in [-0.2, -0.15) is 0 Å². The van der Waals surface area contributed by atoms with Gasteiger partial charge in [0.25, 0.3) is 5.91 Å². The van der Waals surface area contributed by atoms with Gasteiger partial charge in [-0.3, -0.25) is 4.79 Å². The summed E-state index contributed by atoms with van der Waals surface area (Å²) < 4.78 is 0. The van der Waals surface area contributed by atoms with Crippen molar-refractivity contribution in [3.8, 4) is 0 Å². The summed E-state index contributed by atoms with van der Waals surface area (Å²) in [6.07, 6.45) is 3.00. The van der Waals surface area contributed by atoms with E-state index < -0.39 is 0 Å². The highest BCUT2D eigenvalue weighted by Crippen LogP contribution is 1.99. The van der Waals surface area contributed by atoms with Gasteiger partial charge >= 0.3 is 0 Å². The van der Waals surface area contributed by atoms with Crippen molar-refractivity contribution in [3.05, 3.63) is 18.1 Å². The molecule has 1 aromatic heterocycles. The second-order valence-corrected chi connectivity index (χ2v) is 4.37. The lowest BCUT2D eigenvalue weighted by atomic mass is 10.3. The Labute approximate surface area is 108 Å². The number of nitrogens with zero attached hydrogens (tertiary/aromatic N) is 3. The lowest BCUT2D eigenvalue weighted by molar-refractivity contribution is 0.0942. The summed E-state index contributed by atoms with van der Waals surface area (Å²) in [6.45, 7) is 5.64. The molecule has 0 aromatic carbocycles. The number of rotatable bonds is 6. The van der Waals surface area contributed by atoms with Crippen LogP contribution in [0.15, 0.2) is 12.4 Å². The zero-order valence-electron chi connectivity index (χ0n) is 11.4. The molecule has 0 aliphatic heterocycles. The molecule has 100 valence electrons. The molecule has 1 aromatic rings. The summed E-state index contributed by atoms with van der Waals surface area (Å²) in [5, 5.41) is 5.67. The molecule has 18 heavy (non-hydrogen) atoms. The van der Waals surface area contributed by atoms with Crippen LogP contribution in [0.1, 0.15) is 24.3 Å². The quantitative estimate of drug-likeness (QED) is 0.774. The van der Waals surface area contributed by atoms with E-state index in [-0.39, 0.29) is 5.91 Å². The molecule has 1 amide bonds. The molecule has 6 nitrogen and oxygen atoms in total. The van der Waals surface area contributed by atoms with Crippen LogP contribution in [0, 0.1) is 0 Å². The standard InChI is InChI=1S/C12H21N5O/c1-9(2)17(4)6-5-14-12(18)10-7-16-11(13-3)8-15-10/h7-9H,5-6H2,1-4H3,(H,13,16)(H,14,18). The zero-order chi connectivity index (χ0) is 13.5. The fourth-order valence-electron chi connectivity index (χ4n) is 1.27. The SMILES string of the molecule is CNc1cnc(C(=O)NCCN(C)C(C)C)cn1. The Bertz CT molecular complexity index is 377. The zero-order valence-corrected chi connectivity index (χ0v) is 11.4. The van der Waals surface area contributed by atoms with E-state index in [0.717, 1.165) is 6.54 Å². The average molecular weight is 251 g/mol. The monoisotopic (exact) mass is 251 g/mol. The molecule has 0 spiro atoms. The van der Waals surface area contributed by atoms with Crippen LogP contribution in [-0.2, 0) is 0 Å². The molecule has 1 heterocycles. The average Bonchev–Trinajstić information content (AvgIpc) is 2.38. The Morgan fingerprint density at radius 3 is 2.61 bits per heavy atom. The first-order valence-electron chi connectivity index (χ1n) is 6.02. The molecule has 0 radical (unpaired) electrons. The predicted octanol–water partition coefficient (Wildman–Crippen LogP) is 0.588. The first kappa shape index (κ1) is 14.4. The molecule has 0 bridgehead atoms. The Morgan fingerprint density at radius 1 is 1.39 bits per heavy atom. The van der Waals surface area contributed by atoms with Crippen molar-refractivity contribution in [2.24, 2.45) is 0 Å². The van der Waals surface area contributed by atoms with Crippen molar-refractivity contribution >= 4 is 11.7 Å². The van der Waals surface area contributed by atoms with Crippen molar-refractivity contribution in [2.45, 2.75) is 19.9 Å². The van der Waals surface area contributed by atoms with E-state index in [2.05, 4.69) is 39.3 Å². The Hall–Kier alpha value is -1.69. The van der Waals surface area contributed by atoms with Crippen LogP contribution in [0.4, 0.5) is 5.82 Å². The molecular formula is C12H21N5O. The molecule has 0 unspecified atom stereocenters. The number of hydrogen-bond acceptors (Lipinski definition) is 5.